The van der Waals surface area contributed by atoms with Crippen molar-refractivity contribution in [1.82, 2.24) is 18.3 Å². The van der Waals surface area contributed by atoms with Gasteiger partial charge in [0, 0.05) is 65.2 Å². The van der Waals surface area contributed by atoms with E-state index in [1.165, 1.54) is 32.3 Å². The van der Waals surface area contributed by atoms with Crippen LogP contribution in [0.1, 0.15) is 5.56 Å². The molecule has 0 fully saturated rings. The lowest BCUT2D eigenvalue weighted by Crippen LogP contribution is -2.00. The highest BCUT2D eigenvalue weighted by atomic mass is 16.3. The Balaban J connectivity index is 1.16. The summed E-state index contributed by atoms with van der Waals surface area (Å²) >= 11 is 0. The van der Waals surface area contributed by atoms with Gasteiger partial charge in [-0.15, -0.1) is 0 Å². The van der Waals surface area contributed by atoms with E-state index in [1.807, 2.05) is 12.1 Å². The molecule has 0 amide bonds. The van der Waals surface area contributed by atoms with Gasteiger partial charge in [-0.25, -0.2) is 0 Å². The van der Waals surface area contributed by atoms with Crippen molar-refractivity contribution in [3.63, 3.8) is 0 Å². The number of hydrogen-bond donors (Lipinski definition) is 0. The van der Waals surface area contributed by atoms with Gasteiger partial charge in [-0.1, -0.05) is 127 Å². The van der Waals surface area contributed by atoms with Crippen LogP contribution in [0.15, 0.2) is 217 Å². The highest BCUT2D eigenvalue weighted by molar-refractivity contribution is 6.18. The summed E-state index contributed by atoms with van der Waals surface area (Å²) in [7, 11) is 0. The van der Waals surface area contributed by atoms with Crippen LogP contribution in [0.4, 0.5) is 0 Å². The van der Waals surface area contributed by atoms with Crippen molar-refractivity contribution < 1.29 is 4.42 Å². The average Bonchev–Trinajstić information content (AvgIpc) is 4.19. The Kier molecular flexibility index (Phi) is 7.20. The predicted octanol–water partition coefficient (Wildman–Crippen LogP) is 15.8. The van der Waals surface area contributed by atoms with Crippen LogP contribution >= 0.6 is 0 Å². The molecule has 15 aromatic rings. The molecule has 10 aromatic carbocycles. The van der Waals surface area contributed by atoms with Gasteiger partial charge in [-0.05, 0) is 84.9 Å². The zero-order valence-electron chi connectivity index (χ0n) is 35.9. The molecule has 0 aliphatic carbocycles. The Bertz CT molecular complexity index is 4500. The fraction of sp³-hybridized carbons (Fsp3) is 0. The summed E-state index contributed by atoms with van der Waals surface area (Å²) in [5, 5.41) is 21.3. The summed E-state index contributed by atoms with van der Waals surface area (Å²) in [6, 6.07) is 78.3. The van der Waals surface area contributed by atoms with Gasteiger partial charge in [0.25, 0.3) is 0 Å². The summed E-state index contributed by atoms with van der Waals surface area (Å²) in [6.07, 6.45) is 0. The molecule has 0 saturated carbocycles. The molecule has 0 aliphatic rings. The second kappa shape index (κ2) is 13.4. The zero-order valence-corrected chi connectivity index (χ0v) is 35.9. The third kappa shape index (κ3) is 4.86. The van der Waals surface area contributed by atoms with Crippen LogP contribution in [0.25, 0.3) is 132 Å². The highest BCUT2D eigenvalue weighted by Gasteiger charge is 2.26. The summed E-state index contributed by atoms with van der Waals surface area (Å²) in [5.74, 6) is 0. The van der Waals surface area contributed by atoms with Gasteiger partial charge in [0.1, 0.15) is 0 Å². The van der Waals surface area contributed by atoms with E-state index in [0.29, 0.717) is 5.56 Å². The molecule has 0 saturated heterocycles. The minimum Gasteiger partial charge on any atom is -0.452 e. The molecule has 5 aromatic heterocycles. The smallest absolute Gasteiger partial charge is 0.159 e. The molecule has 0 unspecified atom stereocenters. The van der Waals surface area contributed by atoms with Gasteiger partial charge in [0.2, 0.25) is 0 Å². The number of para-hydroxylation sites is 7. The number of fused-ring (bicyclic) bond motifs is 15. The monoisotopic (exact) mass is 853 g/mol. The lowest BCUT2D eigenvalue weighted by Gasteiger charge is -2.14. The first kappa shape index (κ1) is 36.1. The van der Waals surface area contributed by atoms with Crippen LogP contribution in [-0.4, -0.2) is 18.3 Å². The van der Waals surface area contributed by atoms with Gasteiger partial charge in [-0.2, -0.15) is 5.26 Å². The summed E-state index contributed by atoms with van der Waals surface area (Å²) in [6.45, 7) is 0. The molecular weight excluding hydrogens is 819 g/mol. The fourth-order valence-corrected chi connectivity index (χ4v) is 11.4. The van der Waals surface area contributed by atoms with E-state index >= 15 is 0 Å². The van der Waals surface area contributed by atoms with E-state index < -0.39 is 0 Å². The van der Waals surface area contributed by atoms with Crippen LogP contribution in [0.2, 0.25) is 0 Å². The van der Waals surface area contributed by atoms with Crippen molar-refractivity contribution in [3.05, 3.63) is 218 Å². The molecule has 15 rings (SSSR count). The Morgan fingerprint density at radius 1 is 0.284 bits per heavy atom. The molecule has 0 N–H and O–H groups in total. The van der Waals surface area contributed by atoms with E-state index in [9.17, 15) is 5.26 Å². The van der Waals surface area contributed by atoms with Crippen molar-refractivity contribution in [3.8, 4) is 28.8 Å². The molecule has 0 spiro atoms. The molecule has 0 radical (unpaired) electrons. The van der Waals surface area contributed by atoms with E-state index in [-0.39, 0.29) is 0 Å². The molecule has 310 valence electrons. The van der Waals surface area contributed by atoms with E-state index in [1.54, 1.807) is 0 Å². The Labute approximate surface area is 382 Å². The lowest BCUT2D eigenvalue weighted by atomic mass is 10.1. The van der Waals surface area contributed by atoms with Crippen LogP contribution < -0.4 is 0 Å². The number of benzene rings is 10. The standard InChI is InChI=1S/C61H35N5O/c62-36-37-29-30-57-47(31-37)46-21-7-14-28-56(46)66(57)59-35-39(64-52-24-10-3-17-42(52)43-18-4-11-25-53(43)64)33-49-48-32-38(63-50-22-8-1-15-40(50)41-16-2-9-23-51(41)63)34-58(60(48)67-61(49)59)65-54-26-12-5-19-44(54)45-20-6-13-27-55(45)65/h1-35H. The lowest BCUT2D eigenvalue weighted by molar-refractivity contribution is 0.663. The van der Waals surface area contributed by atoms with E-state index in [0.717, 1.165) is 99.6 Å². The second-order valence-corrected chi connectivity index (χ2v) is 17.6. The molecule has 0 atom stereocenters. The number of furan rings is 1. The Morgan fingerprint density at radius 2 is 0.582 bits per heavy atom. The van der Waals surface area contributed by atoms with Gasteiger partial charge < -0.3 is 22.7 Å². The minimum atomic E-state index is 0.622. The van der Waals surface area contributed by atoms with Crippen LogP contribution in [0.5, 0.6) is 0 Å². The SMILES string of the molecule is N#Cc1ccc2c(c1)c1ccccc1n2-c1cc(-n2c3ccccc3c3ccccc32)cc2c1oc1c(-n3c4ccccc4c4ccccc43)cc(-n3c4ccccc4c4ccccc43)cc12. The van der Waals surface area contributed by atoms with E-state index in [4.69, 9.17) is 4.42 Å². The highest BCUT2D eigenvalue weighted by Crippen LogP contribution is 2.46. The molecule has 0 aliphatic heterocycles. The summed E-state index contributed by atoms with van der Waals surface area (Å²) < 4.78 is 17.1. The predicted molar refractivity (Wildman–Crippen MR) is 276 cm³/mol. The molecular formula is C61H35N5O. The normalized spacial score (nSPS) is 12.2. The first-order valence-electron chi connectivity index (χ1n) is 22.7. The maximum atomic E-state index is 10.1. The molecule has 5 heterocycles. The Hall–Kier alpha value is -9.31. The van der Waals surface area contributed by atoms with Crippen molar-refractivity contribution in [1.29, 1.82) is 5.26 Å². The third-order valence-corrected chi connectivity index (χ3v) is 14.1. The maximum absolute atomic E-state index is 10.1. The van der Waals surface area contributed by atoms with E-state index in [2.05, 4.69) is 225 Å². The number of aromatic nitrogens is 4. The number of nitrogens with zero attached hydrogens (tertiary/aromatic N) is 5. The first-order valence-corrected chi connectivity index (χ1v) is 22.7. The fourth-order valence-electron chi connectivity index (χ4n) is 11.4. The van der Waals surface area contributed by atoms with Gasteiger partial charge in [-0.3, -0.25) is 0 Å². The first-order chi connectivity index (χ1) is 33.2. The van der Waals surface area contributed by atoms with Crippen LogP contribution in [0, 0.1) is 11.3 Å². The average molecular weight is 854 g/mol. The van der Waals surface area contributed by atoms with Crippen LogP contribution in [-0.2, 0) is 0 Å². The van der Waals surface area contributed by atoms with Crippen molar-refractivity contribution in [2.75, 3.05) is 0 Å². The van der Waals surface area contributed by atoms with Crippen molar-refractivity contribution in [2.24, 2.45) is 0 Å². The molecule has 0 bridgehead atoms. The third-order valence-electron chi connectivity index (χ3n) is 14.1. The maximum Gasteiger partial charge on any atom is 0.159 e. The van der Waals surface area contributed by atoms with Crippen molar-refractivity contribution in [2.45, 2.75) is 0 Å². The van der Waals surface area contributed by atoms with Gasteiger partial charge in [0.15, 0.2) is 11.2 Å². The van der Waals surface area contributed by atoms with Crippen LogP contribution in [0.3, 0.4) is 0 Å². The molecule has 6 nitrogen and oxygen atoms in total. The van der Waals surface area contributed by atoms with Gasteiger partial charge in [0.05, 0.1) is 67.1 Å². The second-order valence-electron chi connectivity index (χ2n) is 17.6. The molecule has 67 heavy (non-hydrogen) atoms. The number of rotatable bonds is 4. The zero-order chi connectivity index (χ0) is 43.9. The van der Waals surface area contributed by atoms with Gasteiger partial charge >= 0.3 is 0 Å². The quantitative estimate of drug-likeness (QED) is 0.177. The Morgan fingerprint density at radius 3 is 0.925 bits per heavy atom. The topological polar surface area (TPSA) is 56.6 Å². The minimum absolute atomic E-state index is 0.622. The number of hydrogen-bond acceptors (Lipinski definition) is 2. The van der Waals surface area contributed by atoms with Crippen molar-refractivity contribution >= 4 is 109 Å². The number of nitriles is 1. The molecule has 6 heteroatoms. The summed E-state index contributed by atoms with van der Waals surface area (Å²) in [5.41, 5.74) is 14.9. The summed E-state index contributed by atoms with van der Waals surface area (Å²) in [4.78, 5) is 0. The largest absolute Gasteiger partial charge is 0.452 e.